The van der Waals surface area contributed by atoms with Crippen molar-refractivity contribution in [3.63, 3.8) is 0 Å². The van der Waals surface area contributed by atoms with E-state index in [1.165, 1.54) is 0 Å². The van der Waals surface area contributed by atoms with Gasteiger partial charge in [0.1, 0.15) is 0 Å². The summed E-state index contributed by atoms with van der Waals surface area (Å²) < 4.78 is 37.7. The topological polar surface area (TPSA) is 40.5 Å². The van der Waals surface area contributed by atoms with Gasteiger partial charge in [0, 0.05) is 12.5 Å². The van der Waals surface area contributed by atoms with Gasteiger partial charge in [-0.25, -0.2) is 0 Å². The molecule has 0 radical (unpaired) electrons. The molecule has 2 fully saturated rings. The lowest BCUT2D eigenvalue weighted by molar-refractivity contribution is -0.185. The van der Waals surface area contributed by atoms with Crippen molar-refractivity contribution in [1.29, 1.82) is 0 Å². The molecule has 0 aromatic carbocycles. The molecule has 0 spiro atoms. The highest BCUT2D eigenvalue weighted by molar-refractivity contribution is 5.79. The summed E-state index contributed by atoms with van der Waals surface area (Å²) in [6.07, 6.45) is -1.73. The van der Waals surface area contributed by atoms with Gasteiger partial charge in [0.2, 0.25) is 5.91 Å². The zero-order valence-electron chi connectivity index (χ0n) is 10.8. The molecule has 1 saturated heterocycles. The van der Waals surface area contributed by atoms with E-state index in [2.05, 4.69) is 0 Å². The lowest BCUT2D eigenvalue weighted by atomic mass is 9.81. The average Bonchev–Trinajstić information content (AvgIpc) is 2.85. The van der Waals surface area contributed by atoms with Crippen molar-refractivity contribution in [2.24, 2.45) is 11.8 Å². The molecule has 1 atom stereocenters. The first-order valence-electron chi connectivity index (χ1n) is 6.91. The Morgan fingerprint density at radius 3 is 2.32 bits per heavy atom. The molecule has 2 aliphatic rings. The van der Waals surface area contributed by atoms with Gasteiger partial charge in [-0.1, -0.05) is 0 Å². The molecule has 19 heavy (non-hydrogen) atoms. The number of carbonyl (C=O) groups is 1. The van der Waals surface area contributed by atoms with Crippen LogP contribution in [0.2, 0.25) is 0 Å². The molecule has 1 N–H and O–H groups in total. The van der Waals surface area contributed by atoms with Crippen LogP contribution in [0.15, 0.2) is 0 Å². The van der Waals surface area contributed by atoms with E-state index in [9.17, 15) is 23.1 Å². The normalized spacial score (nSPS) is 32.6. The van der Waals surface area contributed by atoms with Crippen molar-refractivity contribution in [1.82, 2.24) is 4.90 Å². The first-order valence-corrected chi connectivity index (χ1v) is 6.91. The summed E-state index contributed by atoms with van der Waals surface area (Å²) in [7, 11) is 0. The smallest absolute Gasteiger partial charge is 0.391 e. The first kappa shape index (κ1) is 14.6. The van der Waals surface area contributed by atoms with E-state index in [0.29, 0.717) is 19.4 Å². The molecule has 1 heterocycles. The standard InChI is InChI=1S/C13H20F3NO2/c14-13(15,16)10-5-3-9(4-6-10)12(19)17-7-1-2-11(17)8-18/h9-11,18H,1-8H2/t9-,10-,11-/m1/s1. The molecule has 0 aromatic rings. The van der Waals surface area contributed by atoms with Crippen LogP contribution in [0.25, 0.3) is 0 Å². The molecule has 1 amide bonds. The summed E-state index contributed by atoms with van der Waals surface area (Å²) in [4.78, 5) is 13.9. The number of likely N-dealkylation sites (tertiary alicyclic amines) is 1. The molecule has 2 rings (SSSR count). The van der Waals surface area contributed by atoms with E-state index in [4.69, 9.17) is 0 Å². The van der Waals surface area contributed by atoms with Crippen LogP contribution in [0.4, 0.5) is 13.2 Å². The first-order chi connectivity index (χ1) is 8.93. The summed E-state index contributed by atoms with van der Waals surface area (Å²) in [5, 5.41) is 9.19. The third-order valence-electron chi connectivity index (χ3n) is 4.41. The number of alkyl halides is 3. The maximum absolute atomic E-state index is 12.6. The van der Waals surface area contributed by atoms with Crippen molar-refractivity contribution >= 4 is 5.91 Å². The lowest BCUT2D eigenvalue weighted by Gasteiger charge is -2.33. The van der Waals surface area contributed by atoms with Gasteiger partial charge in [-0.05, 0) is 38.5 Å². The fourth-order valence-electron chi connectivity index (χ4n) is 3.22. The number of aliphatic hydroxyl groups excluding tert-OH is 1. The summed E-state index contributed by atoms with van der Waals surface area (Å²) >= 11 is 0. The van der Waals surface area contributed by atoms with Gasteiger partial charge in [0.15, 0.2) is 0 Å². The predicted octanol–water partition coefficient (Wildman–Crippen LogP) is 2.34. The fraction of sp³-hybridized carbons (Fsp3) is 0.923. The van der Waals surface area contributed by atoms with Crippen LogP contribution in [-0.2, 0) is 4.79 Å². The molecular formula is C13H20F3NO2. The van der Waals surface area contributed by atoms with Crippen molar-refractivity contribution in [3.05, 3.63) is 0 Å². The van der Waals surface area contributed by atoms with E-state index < -0.39 is 12.1 Å². The van der Waals surface area contributed by atoms with Crippen LogP contribution in [0, 0.1) is 11.8 Å². The summed E-state index contributed by atoms with van der Waals surface area (Å²) in [5.74, 6) is -1.59. The molecule has 1 saturated carbocycles. The molecule has 0 bridgehead atoms. The Hall–Kier alpha value is -0.780. The second-order valence-corrected chi connectivity index (χ2v) is 5.60. The zero-order chi connectivity index (χ0) is 14.0. The van der Waals surface area contributed by atoms with Crippen LogP contribution in [0.1, 0.15) is 38.5 Å². The number of carbonyl (C=O) groups excluding carboxylic acids is 1. The Bertz CT molecular complexity index is 324. The molecule has 3 nitrogen and oxygen atoms in total. The quantitative estimate of drug-likeness (QED) is 0.843. The zero-order valence-corrected chi connectivity index (χ0v) is 10.8. The lowest BCUT2D eigenvalue weighted by Crippen LogP contribution is -2.43. The van der Waals surface area contributed by atoms with E-state index in [1.54, 1.807) is 4.90 Å². The summed E-state index contributed by atoms with van der Waals surface area (Å²) in [6.45, 7) is 0.576. The Labute approximate surface area is 110 Å². The Morgan fingerprint density at radius 2 is 1.79 bits per heavy atom. The molecule has 0 aromatic heterocycles. The summed E-state index contributed by atoms with van der Waals surface area (Å²) in [6, 6.07) is -0.132. The van der Waals surface area contributed by atoms with Crippen LogP contribution >= 0.6 is 0 Å². The van der Waals surface area contributed by atoms with Gasteiger partial charge < -0.3 is 10.0 Å². The maximum atomic E-state index is 12.6. The minimum absolute atomic E-state index is 0.0519. The van der Waals surface area contributed by atoms with E-state index in [-0.39, 0.29) is 37.3 Å². The third-order valence-corrected chi connectivity index (χ3v) is 4.41. The number of aliphatic hydroxyl groups is 1. The van der Waals surface area contributed by atoms with Crippen molar-refractivity contribution in [2.75, 3.05) is 13.2 Å². The SMILES string of the molecule is O=C([C@H]1CC[C@H](C(F)(F)F)CC1)N1CCC[C@@H]1CO. The monoisotopic (exact) mass is 279 g/mol. The van der Waals surface area contributed by atoms with Crippen molar-refractivity contribution < 1.29 is 23.1 Å². The molecule has 6 heteroatoms. The molecular weight excluding hydrogens is 259 g/mol. The number of halogens is 3. The number of amides is 1. The van der Waals surface area contributed by atoms with E-state index in [0.717, 1.165) is 12.8 Å². The average molecular weight is 279 g/mol. The highest BCUT2D eigenvalue weighted by Gasteiger charge is 2.43. The number of nitrogens with zero attached hydrogens (tertiary/aromatic N) is 1. The van der Waals surface area contributed by atoms with Crippen molar-refractivity contribution in [3.8, 4) is 0 Å². The highest BCUT2D eigenvalue weighted by Crippen LogP contribution is 2.40. The summed E-state index contributed by atoms with van der Waals surface area (Å²) in [5.41, 5.74) is 0. The van der Waals surface area contributed by atoms with Crippen LogP contribution in [0.5, 0.6) is 0 Å². The van der Waals surface area contributed by atoms with Gasteiger partial charge in [-0.2, -0.15) is 13.2 Å². The second kappa shape index (κ2) is 5.69. The number of rotatable bonds is 2. The highest BCUT2D eigenvalue weighted by atomic mass is 19.4. The maximum Gasteiger partial charge on any atom is 0.391 e. The van der Waals surface area contributed by atoms with Crippen LogP contribution in [-0.4, -0.2) is 41.3 Å². The third kappa shape index (κ3) is 3.22. The van der Waals surface area contributed by atoms with E-state index in [1.807, 2.05) is 0 Å². The number of hydrogen-bond acceptors (Lipinski definition) is 2. The second-order valence-electron chi connectivity index (χ2n) is 5.60. The van der Waals surface area contributed by atoms with Gasteiger partial charge in [0.05, 0.1) is 18.6 Å². The van der Waals surface area contributed by atoms with Gasteiger partial charge in [-0.3, -0.25) is 4.79 Å². The minimum Gasteiger partial charge on any atom is -0.394 e. The Balaban J connectivity index is 1.89. The minimum atomic E-state index is -4.13. The molecule has 1 aliphatic heterocycles. The van der Waals surface area contributed by atoms with Gasteiger partial charge in [-0.15, -0.1) is 0 Å². The molecule has 0 unspecified atom stereocenters. The van der Waals surface area contributed by atoms with E-state index >= 15 is 0 Å². The van der Waals surface area contributed by atoms with Gasteiger partial charge in [0.25, 0.3) is 0 Å². The Kier molecular flexibility index (Phi) is 4.38. The van der Waals surface area contributed by atoms with Crippen LogP contribution in [0.3, 0.4) is 0 Å². The largest absolute Gasteiger partial charge is 0.394 e. The van der Waals surface area contributed by atoms with Crippen molar-refractivity contribution in [2.45, 2.75) is 50.7 Å². The predicted molar refractivity (Wildman–Crippen MR) is 63.3 cm³/mol. The molecule has 1 aliphatic carbocycles. The molecule has 110 valence electrons. The number of hydrogen-bond donors (Lipinski definition) is 1. The fourth-order valence-corrected chi connectivity index (χ4v) is 3.22. The Morgan fingerprint density at radius 1 is 1.16 bits per heavy atom. The van der Waals surface area contributed by atoms with Gasteiger partial charge >= 0.3 is 6.18 Å². The van der Waals surface area contributed by atoms with Crippen LogP contribution < -0.4 is 0 Å².